The summed E-state index contributed by atoms with van der Waals surface area (Å²) in [7, 11) is 0. The van der Waals surface area contributed by atoms with Crippen LogP contribution in [0.5, 0.6) is 0 Å². The number of fused-ring (bicyclic) bond motifs is 1. The summed E-state index contributed by atoms with van der Waals surface area (Å²) in [6, 6.07) is 21.4. The molecule has 0 heterocycles. The molecule has 0 saturated heterocycles. The Morgan fingerprint density at radius 1 is 0.788 bits per heavy atom. The fourth-order valence-corrected chi connectivity index (χ4v) is 8.40. The van der Waals surface area contributed by atoms with E-state index in [1.165, 1.54) is 35.6 Å². The summed E-state index contributed by atoms with van der Waals surface area (Å²) in [6.45, 7) is 16.3. The van der Waals surface area contributed by atoms with E-state index >= 15 is 0 Å². The minimum absolute atomic E-state index is 0.00436. The lowest BCUT2D eigenvalue weighted by molar-refractivity contribution is -0.130. The molecule has 4 rings (SSSR count). The van der Waals surface area contributed by atoms with Crippen LogP contribution in [0, 0.1) is 30.6 Å². The molecule has 0 radical (unpaired) electrons. The van der Waals surface area contributed by atoms with Crippen LogP contribution in [0.2, 0.25) is 0 Å². The van der Waals surface area contributed by atoms with Crippen LogP contribution in [0.3, 0.4) is 0 Å². The third-order valence-corrected chi connectivity index (χ3v) is 10.8. The normalized spacial score (nSPS) is 15.5. The Morgan fingerprint density at radius 3 is 2.12 bits per heavy atom. The van der Waals surface area contributed by atoms with Gasteiger partial charge in [-0.1, -0.05) is 121 Å². The standard InChI is InChI=1S/C45H58O4.C3H8/c1-7-14-36(38(10-4)43(48)24-31(6)46)26-34-28-41-39(23-18-30(5)45(41)44(49)29-34)40-27-33(19-21-35(40)9-3)20-22-37(42(47)15-8-2)25-32-16-12-11-13-17-32;1-3-2/h11-13,16-19,21,23,27,34,36-38H,7-10,14-15,20,22,24-26,28-29H2,1-6H3;3H2,1-2H3. The van der Waals surface area contributed by atoms with Gasteiger partial charge < -0.3 is 0 Å². The first-order valence-corrected chi connectivity index (χ1v) is 20.4. The maximum absolute atomic E-state index is 13.9. The minimum atomic E-state index is -0.143. The quantitative estimate of drug-likeness (QED) is 0.116. The molecule has 1 aliphatic carbocycles. The summed E-state index contributed by atoms with van der Waals surface area (Å²) >= 11 is 0. The van der Waals surface area contributed by atoms with E-state index in [-0.39, 0.29) is 47.4 Å². The maximum Gasteiger partial charge on any atom is 0.163 e. The smallest absolute Gasteiger partial charge is 0.163 e. The molecule has 0 aliphatic heterocycles. The molecule has 3 aromatic rings. The summed E-state index contributed by atoms with van der Waals surface area (Å²) < 4.78 is 0. The lowest BCUT2D eigenvalue weighted by Gasteiger charge is -2.33. The van der Waals surface area contributed by atoms with Crippen molar-refractivity contribution in [3.05, 3.63) is 94.0 Å². The SMILES string of the molecule is CCC.CCCC(=O)C(CCc1ccc(CC)c(-c2ccc(C)c3c2CC(CC(CCC)C(CC)C(=O)CC(C)=O)CC3=O)c1)Cc1ccccc1. The number of hydrogen-bond donors (Lipinski definition) is 0. The largest absolute Gasteiger partial charge is 0.300 e. The number of rotatable bonds is 19. The van der Waals surface area contributed by atoms with Gasteiger partial charge in [0, 0.05) is 30.2 Å². The Labute approximate surface area is 315 Å². The van der Waals surface area contributed by atoms with Crippen molar-refractivity contribution in [2.45, 2.75) is 145 Å². The Balaban J connectivity index is 0.00000235. The predicted octanol–water partition coefficient (Wildman–Crippen LogP) is 11.9. The number of ketones is 4. The van der Waals surface area contributed by atoms with Gasteiger partial charge in [0.25, 0.3) is 0 Å². The molecule has 0 spiro atoms. The van der Waals surface area contributed by atoms with Crippen molar-refractivity contribution in [2.75, 3.05) is 0 Å². The summed E-state index contributed by atoms with van der Waals surface area (Å²) in [5, 5.41) is 0. The average molecular weight is 707 g/mol. The van der Waals surface area contributed by atoms with Crippen LogP contribution in [0.1, 0.15) is 151 Å². The van der Waals surface area contributed by atoms with Gasteiger partial charge in [0.2, 0.25) is 0 Å². The van der Waals surface area contributed by atoms with Crippen molar-refractivity contribution >= 4 is 23.1 Å². The average Bonchev–Trinajstić information content (AvgIpc) is 3.11. The molecule has 0 bridgehead atoms. The number of carbonyl (C=O) groups excluding carboxylic acids is 4. The highest BCUT2D eigenvalue weighted by molar-refractivity contribution is 6.02. The Bertz CT molecular complexity index is 1620. The first-order valence-electron chi connectivity index (χ1n) is 20.4. The van der Waals surface area contributed by atoms with Crippen LogP contribution >= 0.6 is 0 Å². The molecule has 4 nitrogen and oxygen atoms in total. The second-order valence-electron chi connectivity index (χ2n) is 15.3. The van der Waals surface area contributed by atoms with E-state index in [9.17, 15) is 19.2 Å². The fourth-order valence-electron chi connectivity index (χ4n) is 8.40. The monoisotopic (exact) mass is 706 g/mol. The summed E-state index contributed by atoms with van der Waals surface area (Å²) in [5.41, 5.74) is 9.08. The number of hydrogen-bond acceptors (Lipinski definition) is 4. The predicted molar refractivity (Wildman–Crippen MR) is 217 cm³/mol. The molecule has 0 N–H and O–H groups in total. The van der Waals surface area contributed by atoms with E-state index in [0.717, 1.165) is 86.5 Å². The zero-order valence-electron chi connectivity index (χ0n) is 33.6. The van der Waals surface area contributed by atoms with Crippen LogP contribution in [0.4, 0.5) is 0 Å². The van der Waals surface area contributed by atoms with Crippen molar-refractivity contribution in [1.29, 1.82) is 0 Å². The molecule has 4 heteroatoms. The molecule has 1 aliphatic rings. The second kappa shape index (κ2) is 21.8. The second-order valence-corrected chi connectivity index (χ2v) is 15.3. The van der Waals surface area contributed by atoms with E-state index in [1.54, 1.807) is 0 Å². The zero-order chi connectivity index (χ0) is 38.2. The maximum atomic E-state index is 13.9. The number of aryl methyl sites for hydroxylation is 3. The van der Waals surface area contributed by atoms with Gasteiger partial charge in [-0.05, 0) is 116 Å². The Morgan fingerprint density at radius 2 is 1.50 bits per heavy atom. The Kier molecular flexibility index (Phi) is 17.9. The summed E-state index contributed by atoms with van der Waals surface area (Å²) in [4.78, 5) is 52.1. The lowest BCUT2D eigenvalue weighted by Crippen LogP contribution is -2.30. The van der Waals surface area contributed by atoms with Crippen LogP contribution in [-0.4, -0.2) is 23.1 Å². The van der Waals surface area contributed by atoms with Gasteiger partial charge in [-0.3, -0.25) is 19.2 Å². The molecule has 52 heavy (non-hydrogen) atoms. The molecule has 3 aromatic carbocycles. The first kappa shape index (κ1) is 42.8. The van der Waals surface area contributed by atoms with Gasteiger partial charge in [-0.2, -0.15) is 0 Å². The molecule has 0 fully saturated rings. The van der Waals surface area contributed by atoms with E-state index < -0.39 is 0 Å². The highest BCUT2D eigenvalue weighted by atomic mass is 16.1. The number of benzene rings is 3. The minimum Gasteiger partial charge on any atom is -0.300 e. The fraction of sp³-hybridized carbons (Fsp3) is 0.542. The van der Waals surface area contributed by atoms with Gasteiger partial charge in [-0.25, -0.2) is 0 Å². The molecule has 0 amide bonds. The summed E-state index contributed by atoms with van der Waals surface area (Å²) in [6.07, 6.45) is 10.8. The van der Waals surface area contributed by atoms with Gasteiger partial charge in [0.1, 0.15) is 17.3 Å². The molecule has 282 valence electrons. The topological polar surface area (TPSA) is 68.3 Å². The van der Waals surface area contributed by atoms with Crippen molar-refractivity contribution < 1.29 is 19.2 Å². The van der Waals surface area contributed by atoms with E-state index in [0.29, 0.717) is 18.6 Å². The van der Waals surface area contributed by atoms with Crippen LogP contribution in [-0.2, 0) is 40.1 Å². The van der Waals surface area contributed by atoms with E-state index in [2.05, 4.69) is 84.0 Å². The summed E-state index contributed by atoms with van der Waals surface area (Å²) in [5.74, 6) is 0.715. The number of carbonyl (C=O) groups is 4. The van der Waals surface area contributed by atoms with Crippen LogP contribution in [0.25, 0.3) is 11.1 Å². The highest BCUT2D eigenvalue weighted by Crippen LogP contribution is 2.41. The van der Waals surface area contributed by atoms with Gasteiger partial charge in [0.05, 0.1) is 6.42 Å². The molecular formula is C48H66O4. The Hall–Kier alpha value is -3.66. The third-order valence-electron chi connectivity index (χ3n) is 10.8. The highest BCUT2D eigenvalue weighted by Gasteiger charge is 2.34. The number of Topliss-reactive ketones (excluding diaryl/α,β-unsaturated/α-hetero) is 4. The van der Waals surface area contributed by atoms with Crippen molar-refractivity contribution in [3.63, 3.8) is 0 Å². The first-order chi connectivity index (χ1) is 25.0. The van der Waals surface area contributed by atoms with Crippen LogP contribution in [0.15, 0.2) is 60.7 Å². The molecule has 0 saturated carbocycles. The van der Waals surface area contributed by atoms with Crippen molar-refractivity contribution in [3.8, 4) is 11.1 Å². The van der Waals surface area contributed by atoms with Crippen LogP contribution < -0.4 is 0 Å². The van der Waals surface area contributed by atoms with E-state index in [4.69, 9.17) is 0 Å². The lowest BCUT2D eigenvalue weighted by atomic mass is 9.71. The van der Waals surface area contributed by atoms with Gasteiger partial charge >= 0.3 is 0 Å². The third kappa shape index (κ3) is 11.9. The zero-order valence-corrected chi connectivity index (χ0v) is 33.6. The molecular weight excluding hydrogens is 641 g/mol. The molecule has 4 unspecified atom stereocenters. The van der Waals surface area contributed by atoms with Crippen molar-refractivity contribution in [1.82, 2.24) is 0 Å². The van der Waals surface area contributed by atoms with Gasteiger partial charge in [0.15, 0.2) is 5.78 Å². The molecule has 0 aromatic heterocycles. The van der Waals surface area contributed by atoms with Gasteiger partial charge in [-0.15, -0.1) is 0 Å². The van der Waals surface area contributed by atoms with Crippen molar-refractivity contribution in [2.24, 2.45) is 23.7 Å². The van der Waals surface area contributed by atoms with E-state index in [1.807, 2.05) is 25.1 Å². The molecule has 4 atom stereocenters.